The van der Waals surface area contributed by atoms with Crippen molar-refractivity contribution in [2.45, 2.75) is 16.7 Å². The molecular weight excluding hydrogens is 491 g/mol. The first kappa shape index (κ1) is 27.7. The van der Waals surface area contributed by atoms with Crippen LogP contribution in [0.2, 0.25) is 0 Å². The SMILES string of the molecule is CC(=O)Nc1cccc2c(S(=O)(=O)[O-])cccc12.Nc1cccc2c(S(=O)(=O)O)cccc12.[Na+]. The summed E-state index contributed by atoms with van der Waals surface area (Å²) in [6, 6.07) is 18.7. The number of anilines is 2. The Kier molecular flexibility index (Phi) is 8.83. The Balaban J connectivity index is 0.000000237. The molecule has 172 valence electrons. The molecule has 0 aromatic heterocycles. The van der Waals surface area contributed by atoms with Gasteiger partial charge in [0, 0.05) is 39.8 Å². The van der Waals surface area contributed by atoms with E-state index in [9.17, 15) is 26.2 Å². The van der Waals surface area contributed by atoms with Crippen LogP contribution in [0.5, 0.6) is 0 Å². The molecule has 4 N–H and O–H groups in total. The molecule has 0 aliphatic heterocycles. The number of hydrogen-bond donors (Lipinski definition) is 3. The van der Waals surface area contributed by atoms with Gasteiger partial charge in [0.2, 0.25) is 5.91 Å². The molecule has 0 aliphatic rings. The number of amides is 1. The standard InChI is InChI=1S/C12H11NO4S.C10H9NO3S.Na/c1-8(14)13-11-6-2-5-10-9(11)4-3-7-12(10)18(15,16)17;11-9-5-1-4-8-7(9)3-2-6-10(8)15(12,13)14;/h2-7H,1H3,(H,13,14)(H,15,16,17);1-6H,11H2,(H,12,13,14);/q;;+1/p-1. The third kappa shape index (κ3) is 6.33. The minimum atomic E-state index is -4.54. The van der Waals surface area contributed by atoms with Crippen LogP contribution in [0.1, 0.15) is 6.92 Å². The third-order valence-corrected chi connectivity index (χ3v) is 6.46. The maximum absolute atomic E-state index is 11.1. The van der Waals surface area contributed by atoms with Gasteiger partial charge in [0.05, 0.1) is 4.90 Å². The maximum Gasteiger partial charge on any atom is 1.00 e. The predicted molar refractivity (Wildman–Crippen MR) is 124 cm³/mol. The second-order valence-electron chi connectivity index (χ2n) is 6.97. The molecule has 0 saturated carbocycles. The zero-order valence-corrected chi connectivity index (χ0v) is 21.9. The van der Waals surface area contributed by atoms with E-state index in [2.05, 4.69) is 5.32 Å². The van der Waals surface area contributed by atoms with Gasteiger partial charge in [0.1, 0.15) is 15.0 Å². The van der Waals surface area contributed by atoms with E-state index >= 15 is 0 Å². The third-order valence-electron chi connectivity index (χ3n) is 4.66. The smallest absolute Gasteiger partial charge is 0.744 e. The molecule has 4 aromatic carbocycles. The monoisotopic (exact) mass is 510 g/mol. The molecule has 0 unspecified atom stereocenters. The van der Waals surface area contributed by atoms with Crippen LogP contribution in [0.15, 0.2) is 82.6 Å². The van der Waals surface area contributed by atoms with Crippen molar-refractivity contribution in [1.29, 1.82) is 0 Å². The van der Waals surface area contributed by atoms with Crippen molar-refractivity contribution >= 4 is 59.1 Å². The molecule has 0 saturated heterocycles. The Morgan fingerprint density at radius 1 is 0.794 bits per heavy atom. The van der Waals surface area contributed by atoms with Crippen molar-refractivity contribution in [2.24, 2.45) is 0 Å². The molecule has 0 aliphatic carbocycles. The molecule has 0 spiro atoms. The molecule has 1 amide bonds. The molecule has 0 fully saturated rings. The number of carbonyl (C=O) groups excluding carboxylic acids is 1. The Labute approximate surface area is 218 Å². The number of fused-ring (bicyclic) bond motifs is 2. The fraction of sp³-hybridized carbons (Fsp3) is 0.0455. The number of benzene rings is 4. The van der Waals surface area contributed by atoms with E-state index in [1.54, 1.807) is 48.5 Å². The Bertz CT molecular complexity index is 1590. The van der Waals surface area contributed by atoms with Gasteiger partial charge in [0.25, 0.3) is 10.1 Å². The average molecular weight is 511 g/mol. The molecular formula is C22H19N2NaO7S2. The van der Waals surface area contributed by atoms with E-state index < -0.39 is 20.2 Å². The first-order chi connectivity index (χ1) is 15.4. The molecule has 0 heterocycles. The van der Waals surface area contributed by atoms with Gasteiger partial charge in [0.15, 0.2) is 0 Å². The van der Waals surface area contributed by atoms with E-state index in [0.717, 1.165) is 0 Å². The van der Waals surface area contributed by atoms with E-state index in [4.69, 9.17) is 10.3 Å². The van der Waals surface area contributed by atoms with Gasteiger partial charge < -0.3 is 15.6 Å². The van der Waals surface area contributed by atoms with Crippen LogP contribution in [0.4, 0.5) is 11.4 Å². The van der Waals surface area contributed by atoms with Crippen molar-refractivity contribution in [3.8, 4) is 0 Å². The number of hydrogen-bond acceptors (Lipinski definition) is 7. The topological polar surface area (TPSA) is 167 Å². The molecule has 12 heteroatoms. The zero-order valence-electron chi connectivity index (χ0n) is 18.2. The predicted octanol–water partition coefficient (Wildman–Crippen LogP) is 0.375. The molecule has 0 atom stereocenters. The van der Waals surface area contributed by atoms with Crippen molar-refractivity contribution in [2.75, 3.05) is 11.1 Å². The summed E-state index contributed by atoms with van der Waals surface area (Å²) in [5.74, 6) is -0.266. The van der Waals surface area contributed by atoms with E-state index in [1.807, 2.05) is 0 Å². The number of rotatable bonds is 3. The number of nitrogen functional groups attached to an aromatic ring is 1. The summed E-state index contributed by atoms with van der Waals surface area (Å²) in [5.41, 5.74) is 6.65. The number of nitrogens with two attached hydrogens (primary N) is 1. The van der Waals surface area contributed by atoms with Crippen LogP contribution in [-0.2, 0) is 25.0 Å². The van der Waals surface area contributed by atoms with Gasteiger partial charge in [-0.25, -0.2) is 8.42 Å². The van der Waals surface area contributed by atoms with Gasteiger partial charge >= 0.3 is 29.6 Å². The van der Waals surface area contributed by atoms with Crippen molar-refractivity contribution in [1.82, 2.24) is 0 Å². The summed E-state index contributed by atoms with van der Waals surface area (Å²) in [6.45, 7) is 1.35. The second kappa shape index (κ2) is 10.8. The molecule has 0 radical (unpaired) electrons. The molecule has 0 bridgehead atoms. The molecule has 9 nitrogen and oxygen atoms in total. The van der Waals surface area contributed by atoms with Crippen molar-refractivity contribution in [3.05, 3.63) is 72.8 Å². The normalized spacial score (nSPS) is 11.3. The Hall–Kier alpha value is -2.51. The summed E-state index contributed by atoms with van der Waals surface area (Å²) in [4.78, 5) is 10.6. The van der Waals surface area contributed by atoms with Crippen LogP contribution in [-0.4, -0.2) is 31.8 Å². The summed E-state index contributed by atoms with van der Waals surface area (Å²) in [5, 5.41) is 4.46. The summed E-state index contributed by atoms with van der Waals surface area (Å²) >= 11 is 0. The number of nitrogens with one attached hydrogen (secondary N) is 1. The molecule has 34 heavy (non-hydrogen) atoms. The summed E-state index contributed by atoms with van der Waals surface area (Å²) in [6.07, 6.45) is 0. The van der Waals surface area contributed by atoms with Gasteiger partial charge in [-0.1, -0.05) is 48.5 Å². The van der Waals surface area contributed by atoms with Crippen molar-refractivity contribution < 1.29 is 60.3 Å². The van der Waals surface area contributed by atoms with Crippen LogP contribution in [0.25, 0.3) is 21.5 Å². The summed E-state index contributed by atoms with van der Waals surface area (Å²) in [7, 11) is -8.74. The van der Waals surface area contributed by atoms with Gasteiger partial charge in [-0.15, -0.1) is 0 Å². The maximum atomic E-state index is 11.1. The van der Waals surface area contributed by atoms with Gasteiger partial charge in [-0.2, -0.15) is 8.42 Å². The summed E-state index contributed by atoms with van der Waals surface area (Å²) < 4.78 is 64.6. The van der Waals surface area contributed by atoms with Gasteiger partial charge in [-0.05, 0) is 24.3 Å². The van der Waals surface area contributed by atoms with Gasteiger partial charge in [-0.3, -0.25) is 9.35 Å². The van der Waals surface area contributed by atoms with Crippen LogP contribution >= 0.6 is 0 Å². The van der Waals surface area contributed by atoms with E-state index in [0.29, 0.717) is 32.9 Å². The Morgan fingerprint density at radius 2 is 1.26 bits per heavy atom. The van der Waals surface area contributed by atoms with Crippen LogP contribution in [0, 0.1) is 0 Å². The second-order valence-corrected chi connectivity index (χ2v) is 9.70. The zero-order chi connectivity index (χ0) is 24.4. The first-order valence-corrected chi connectivity index (χ1v) is 12.2. The minimum Gasteiger partial charge on any atom is -0.744 e. The van der Waals surface area contributed by atoms with Crippen LogP contribution < -0.4 is 40.6 Å². The van der Waals surface area contributed by atoms with Crippen molar-refractivity contribution in [3.63, 3.8) is 0 Å². The fourth-order valence-electron chi connectivity index (χ4n) is 3.33. The van der Waals surface area contributed by atoms with E-state index in [-0.39, 0.29) is 45.3 Å². The fourth-order valence-corrected chi connectivity index (χ4v) is 4.73. The molecule has 4 aromatic rings. The first-order valence-electron chi connectivity index (χ1n) is 9.39. The quantitative estimate of drug-likeness (QED) is 0.202. The minimum absolute atomic E-state index is 0. The molecule has 4 rings (SSSR count). The number of carbonyl (C=O) groups is 1. The average Bonchev–Trinajstić information content (AvgIpc) is 2.72. The largest absolute Gasteiger partial charge is 1.00 e. The van der Waals surface area contributed by atoms with E-state index in [1.165, 1.54) is 31.2 Å². The Morgan fingerprint density at radius 3 is 1.82 bits per heavy atom. The van der Waals surface area contributed by atoms with Crippen LogP contribution in [0.3, 0.4) is 0 Å².